The van der Waals surface area contributed by atoms with E-state index in [9.17, 15) is 4.79 Å². The van der Waals surface area contributed by atoms with Crippen LogP contribution >= 0.6 is 0 Å². The fraction of sp³-hybridized carbons (Fsp3) is 0.611. The lowest BCUT2D eigenvalue weighted by Gasteiger charge is -2.31. The Labute approximate surface area is 130 Å². The lowest BCUT2D eigenvalue weighted by atomic mass is 9.93. The van der Waals surface area contributed by atoms with Crippen molar-refractivity contribution in [1.29, 1.82) is 0 Å². The molecule has 0 aromatic heterocycles. The second-order valence-corrected chi connectivity index (χ2v) is 4.80. The van der Waals surface area contributed by atoms with Gasteiger partial charge in [-0.25, -0.2) is 0 Å². The van der Waals surface area contributed by atoms with Gasteiger partial charge in [0.05, 0.1) is 0 Å². The normalized spacial score (nSPS) is 15.2. The summed E-state index contributed by atoms with van der Waals surface area (Å²) in [5, 5.41) is 8.75. The molecule has 1 fully saturated rings. The standard InChI is InChI=1S/C14H19NO2.2C2H6/c16-14(17)10-12-6-8-15(9-7-12)11-13-4-2-1-3-5-13;2*1-2/h1-5,12H,6-11H2,(H,16,17);2*1-2H3. The molecule has 0 saturated carbocycles. The minimum Gasteiger partial charge on any atom is -0.481 e. The third-order valence-corrected chi connectivity index (χ3v) is 3.42. The Balaban J connectivity index is 0.000000921. The Morgan fingerprint density at radius 3 is 2.10 bits per heavy atom. The van der Waals surface area contributed by atoms with Crippen LogP contribution in [0.15, 0.2) is 30.3 Å². The maximum Gasteiger partial charge on any atom is 0.303 e. The zero-order chi connectivity index (χ0) is 16.1. The van der Waals surface area contributed by atoms with E-state index in [1.54, 1.807) is 0 Å². The van der Waals surface area contributed by atoms with Gasteiger partial charge in [0.1, 0.15) is 0 Å². The van der Waals surface area contributed by atoms with Gasteiger partial charge < -0.3 is 5.11 Å². The van der Waals surface area contributed by atoms with Crippen LogP contribution in [0.25, 0.3) is 0 Å². The van der Waals surface area contributed by atoms with Gasteiger partial charge in [-0.05, 0) is 37.4 Å². The maximum absolute atomic E-state index is 10.6. The van der Waals surface area contributed by atoms with Gasteiger partial charge in [-0.2, -0.15) is 0 Å². The predicted octanol–water partition coefficient (Wildman–Crippen LogP) is 4.43. The number of likely N-dealkylation sites (tertiary alicyclic amines) is 1. The molecule has 3 heteroatoms. The number of nitrogens with zero attached hydrogens (tertiary/aromatic N) is 1. The molecule has 1 aliphatic heterocycles. The zero-order valence-electron chi connectivity index (χ0n) is 14.0. The predicted molar refractivity (Wildman–Crippen MR) is 89.4 cm³/mol. The molecule has 0 spiro atoms. The number of rotatable bonds is 4. The van der Waals surface area contributed by atoms with Crippen LogP contribution in [-0.4, -0.2) is 29.1 Å². The fourth-order valence-electron chi connectivity index (χ4n) is 2.44. The van der Waals surface area contributed by atoms with Crippen LogP contribution in [-0.2, 0) is 11.3 Å². The average molecular weight is 293 g/mol. The Bertz CT molecular complexity index is 357. The molecule has 1 N–H and O–H groups in total. The van der Waals surface area contributed by atoms with Crippen LogP contribution in [0.3, 0.4) is 0 Å². The number of hydrogen-bond donors (Lipinski definition) is 1. The molecule has 1 heterocycles. The van der Waals surface area contributed by atoms with E-state index in [1.165, 1.54) is 5.56 Å². The lowest BCUT2D eigenvalue weighted by molar-refractivity contribution is -0.138. The second-order valence-electron chi connectivity index (χ2n) is 4.80. The zero-order valence-corrected chi connectivity index (χ0v) is 14.0. The molecule has 0 atom stereocenters. The van der Waals surface area contributed by atoms with Crippen LogP contribution in [0.4, 0.5) is 0 Å². The van der Waals surface area contributed by atoms with Gasteiger partial charge in [0.2, 0.25) is 0 Å². The van der Waals surface area contributed by atoms with Crippen molar-refractivity contribution >= 4 is 5.97 Å². The van der Waals surface area contributed by atoms with Crippen molar-refractivity contribution in [3.63, 3.8) is 0 Å². The molecule has 0 radical (unpaired) electrons. The van der Waals surface area contributed by atoms with E-state index in [-0.39, 0.29) is 0 Å². The van der Waals surface area contributed by atoms with E-state index in [0.29, 0.717) is 12.3 Å². The molecule has 0 aliphatic carbocycles. The number of benzene rings is 1. The van der Waals surface area contributed by atoms with Crippen molar-refractivity contribution < 1.29 is 9.90 Å². The van der Waals surface area contributed by atoms with Gasteiger partial charge in [-0.3, -0.25) is 9.69 Å². The van der Waals surface area contributed by atoms with Crippen LogP contribution in [0, 0.1) is 5.92 Å². The molecule has 1 aliphatic rings. The van der Waals surface area contributed by atoms with Gasteiger partial charge in [0, 0.05) is 13.0 Å². The molecule has 3 nitrogen and oxygen atoms in total. The SMILES string of the molecule is CC.CC.O=C(O)CC1CCN(Cc2ccccc2)CC1. The van der Waals surface area contributed by atoms with Gasteiger partial charge in [0.25, 0.3) is 0 Å². The van der Waals surface area contributed by atoms with Crippen molar-refractivity contribution in [3.05, 3.63) is 35.9 Å². The number of aliphatic carboxylic acids is 1. The molecular weight excluding hydrogens is 262 g/mol. The second kappa shape index (κ2) is 12.4. The first-order valence-corrected chi connectivity index (χ1v) is 8.22. The topological polar surface area (TPSA) is 40.5 Å². The van der Waals surface area contributed by atoms with Gasteiger partial charge in [-0.1, -0.05) is 58.0 Å². The summed E-state index contributed by atoms with van der Waals surface area (Å²) in [5.74, 6) is -0.286. The van der Waals surface area contributed by atoms with Crippen molar-refractivity contribution in [3.8, 4) is 0 Å². The van der Waals surface area contributed by atoms with Crippen molar-refractivity contribution in [1.82, 2.24) is 4.90 Å². The molecule has 0 amide bonds. The van der Waals surface area contributed by atoms with Crippen LogP contribution < -0.4 is 0 Å². The summed E-state index contributed by atoms with van der Waals surface area (Å²) < 4.78 is 0. The van der Waals surface area contributed by atoms with E-state index in [4.69, 9.17) is 5.11 Å². The van der Waals surface area contributed by atoms with E-state index < -0.39 is 5.97 Å². The Morgan fingerprint density at radius 2 is 1.62 bits per heavy atom. The highest BCUT2D eigenvalue weighted by molar-refractivity contribution is 5.67. The van der Waals surface area contributed by atoms with Crippen molar-refractivity contribution in [2.75, 3.05) is 13.1 Å². The summed E-state index contributed by atoms with van der Waals surface area (Å²) in [5.41, 5.74) is 1.34. The van der Waals surface area contributed by atoms with E-state index in [1.807, 2.05) is 33.8 Å². The fourth-order valence-corrected chi connectivity index (χ4v) is 2.44. The largest absolute Gasteiger partial charge is 0.481 e. The third-order valence-electron chi connectivity index (χ3n) is 3.42. The van der Waals surface area contributed by atoms with Crippen LogP contribution in [0.1, 0.15) is 52.5 Å². The Hall–Kier alpha value is -1.35. The summed E-state index contributed by atoms with van der Waals surface area (Å²) in [7, 11) is 0. The molecular formula is C18H31NO2. The first-order valence-electron chi connectivity index (χ1n) is 8.22. The van der Waals surface area contributed by atoms with E-state index >= 15 is 0 Å². The highest BCUT2D eigenvalue weighted by atomic mass is 16.4. The summed E-state index contributed by atoms with van der Waals surface area (Å²) in [6.07, 6.45) is 2.36. The molecule has 2 rings (SSSR count). The van der Waals surface area contributed by atoms with Crippen molar-refractivity contribution in [2.24, 2.45) is 5.92 Å². The molecule has 120 valence electrons. The van der Waals surface area contributed by atoms with Gasteiger partial charge in [-0.15, -0.1) is 0 Å². The first-order chi connectivity index (χ1) is 10.2. The number of piperidine rings is 1. The number of carbonyl (C=O) groups is 1. The molecule has 0 bridgehead atoms. The average Bonchev–Trinajstić information content (AvgIpc) is 2.54. The minimum absolute atomic E-state index is 0.333. The summed E-state index contributed by atoms with van der Waals surface area (Å²) >= 11 is 0. The highest BCUT2D eigenvalue weighted by Crippen LogP contribution is 2.21. The van der Waals surface area contributed by atoms with Crippen molar-refractivity contribution in [2.45, 2.75) is 53.5 Å². The molecule has 21 heavy (non-hydrogen) atoms. The molecule has 0 unspecified atom stereocenters. The van der Waals surface area contributed by atoms with Gasteiger partial charge in [0.15, 0.2) is 0 Å². The van der Waals surface area contributed by atoms with Crippen LogP contribution in [0.5, 0.6) is 0 Å². The minimum atomic E-state index is -0.661. The van der Waals surface area contributed by atoms with Crippen LogP contribution in [0.2, 0.25) is 0 Å². The highest BCUT2D eigenvalue weighted by Gasteiger charge is 2.20. The first kappa shape index (κ1) is 19.7. The van der Waals surface area contributed by atoms with Gasteiger partial charge >= 0.3 is 5.97 Å². The maximum atomic E-state index is 10.6. The summed E-state index contributed by atoms with van der Waals surface area (Å²) in [4.78, 5) is 13.0. The number of carboxylic acid groups (broad SMARTS) is 1. The van der Waals surface area contributed by atoms with E-state index in [0.717, 1.165) is 32.5 Å². The summed E-state index contributed by atoms with van der Waals surface area (Å²) in [6.45, 7) is 11.0. The monoisotopic (exact) mass is 293 g/mol. The smallest absolute Gasteiger partial charge is 0.303 e. The Kier molecular flexibility index (Phi) is 11.6. The molecule has 1 aromatic rings. The summed E-state index contributed by atoms with van der Waals surface area (Å²) in [6, 6.07) is 10.4. The Morgan fingerprint density at radius 1 is 1.10 bits per heavy atom. The number of carboxylic acids is 1. The third kappa shape index (κ3) is 8.51. The van der Waals surface area contributed by atoms with E-state index in [2.05, 4.69) is 29.2 Å². The lowest BCUT2D eigenvalue weighted by Crippen LogP contribution is -2.33. The molecule has 1 saturated heterocycles. The number of hydrogen-bond acceptors (Lipinski definition) is 2. The quantitative estimate of drug-likeness (QED) is 0.893. The molecule has 1 aromatic carbocycles.